The topological polar surface area (TPSA) is 38.3 Å². The van der Waals surface area contributed by atoms with Crippen LogP contribution in [0.3, 0.4) is 0 Å². The number of rotatable bonds is 5. The zero-order valence-corrected chi connectivity index (χ0v) is 11.6. The van der Waals surface area contributed by atoms with Gasteiger partial charge in [0.15, 0.2) is 0 Å². The number of esters is 1. The van der Waals surface area contributed by atoms with Crippen LogP contribution in [0.4, 0.5) is 13.2 Å². The molecule has 0 unspecified atom stereocenters. The fourth-order valence-corrected chi connectivity index (χ4v) is 1.95. The Morgan fingerprint density at radius 1 is 1.20 bits per heavy atom. The van der Waals surface area contributed by atoms with E-state index in [4.69, 9.17) is 0 Å². The maximum absolute atomic E-state index is 13.1. The minimum atomic E-state index is -4.53. The molecule has 0 heterocycles. The van der Waals surface area contributed by atoms with E-state index >= 15 is 0 Å². The lowest BCUT2D eigenvalue weighted by atomic mass is 9.99. The second-order valence-corrected chi connectivity index (χ2v) is 4.63. The van der Waals surface area contributed by atoms with Crippen molar-refractivity contribution in [2.24, 2.45) is 5.92 Å². The Labute approximate surface area is 116 Å². The Morgan fingerprint density at radius 2 is 1.75 bits per heavy atom. The van der Waals surface area contributed by atoms with Gasteiger partial charge < -0.3 is 4.74 Å². The van der Waals surface area contributed by atoms with Crippen molar-refractivity contribution in [3.05, 3.63) is 35.9 Å². The van der Waals surface area contributed by atoms with Gasteiger partial charge in [-0.1, -0.05) is 37.3 Å². The van der Waals surface area contributed by atoms with Crippen molar-refractivity contribution in [3.63, 3.8) is 0 Å². The second kappa shape index (κ2) is 6.74. The number of methoxy groups -OCH3 is 1. The summed E-state index contributed by atoms with van der Waals surface area (Å²) in [5, 5.41) is 2.46. The molecule has 1 aromatic rings. The largest absolute Gasteiger partial charge is 0.469 e. The number of alkyl halides is 3. The Bertz CT molecular complexity index is 434. The normalized spacial score (nSPS) is 16.3. The number of hydrogen-bond donors (Lipinski definition) is 1. The third-order valence-corrected chi connectivity index (χ3v) is 3.15. The van der Waals surface area contributed by atoms with Crippen molar-refractivity contribution in [2.45, 2.75) is 32.1 Å². The summed E-state index contributed by atoms with van der Waals surface area (Å²) in [6.45, 7) is 2.83. The van der Waals surface area contributed by atoms with Crippen LogP contribution in [-0.4, -0.2) is 25.3 Å². The van der Waals surface area contributed by atoms with Gasteiger partial charge in [0.25, 0.3) is 0 Å². The number of carbonyl (C=O) groups excluding carboxylic acids is 1. The summed E-state index contributed by atoms with van der Waals surface area (Å²) in [7, 11) is 1.08. The average Bonchev–Trinajstić information content (AvgIpc) is 2.42. The van der Waals surface area contributed by atoms with E-state index in [0.717, 1.165) is 12.7 Å². The van der Waals surface area contributed by atoms with Crippen LogP contribution in [0, 0.1) is 5.92 Å². The fraction of sp³-hybridized carbons (Fsp3) is 0.500. The van der Waals surface area contributed by atoms with Gasteiger partial charge in [0, 0.05) is 6.04 Å². The summed E-state index contributed by atoms with van der Waals surface area (Å²) in [6, 6.07) is 6.26. The molecule has 0 aliphatic rings. The number of carbonyl (C=O) groups is 1. The smallest absolute Gasteiger partial charge is 0.404 e. The average molecular weight is 289 g/mol. The molecule has 0 fully saturated rings. The molecule has 3 atom stereocenters. The lowest BCUT2D eigenvalue weighted by Gasteiger charge is -2.29. The van der Waals surface area contributed by atoms with Gasteiger partial charge in [-0.2, -0.15) is 13.2 Å². The minimum Gasteiger partial charge on any atom is -0.469 e. The van der Waals surface area contributed by atoms with Gasteiger partial charge in [0.2, 0.25) is 0 Å². The van der Waals surface area contributed by atoms with Crippen molar-refractivity contribution in [1.82, 2.24) is 5.32 Å². The molecule has 0 saturated heterocycles. The first kappa shape index (κ1) is 16.5. The Hall–Kier alpha value is -1.56. The zero-order valence-electron chi connectivity index (χ0n) is 11.6. The lowest BCUT2D eigenvalue weighted by Crippen LogP contribution is -2.50. The number of ether oxygens (including phenoxy) is 1. The molecule has 6 heteroatoms. The standard InChI is InChI=1S/C14H18F3NO2/c1-9(13(19)20-3)12(14(15,16)17)18-10(2)11-7-5-4-6-8-11/h4-10,12,18H,1-3H3/t9-,10+,12-/m0/s1. The third-order valence-electron chi connectivity index (χ3n) is 3.15. The van der Waals surface area contributed by atoms with Crippen LogP contribution >= 0.6 is 0 Å². The maximum atomic E-state index is 13.1. The van der Waals surface area contributed by atoms with Crippen LogP contribution in [0.2, 0.25) is 0 Å². The van der Waals surface area contributed by atoms with E-state index in [-0.39, 0.29) is 0 Å². The van der Waals surface area contributed by atoms with Crippen LogP contribution in [0.1, 0.15) is 25.5 Å². The van der Waals surface area contributed by atoms with E-state index in [9.17, 15) is 18.0 Å². The van der Waals surface area contributed by atoms with E-state index < -0.39 is 30.1 Å². The van der Waals surface area contributed by atoms with E-state index in [0.29, 0.717) is 0 Å². The van der Waals surface area contributed by atoms with Crippen LogP contribution < -0.4 is 5.32 Å². The van der Waals surface area contributed by atoms with Crippen molar-refractivity contribution < 1.29 is 22.7 Å². The molecule has 0 saturated carbocycles. The molecule has 0 radical (unpaired) electrons. The molecule has 20 heavy (non-hydrogen) atoms. The number of halogens is 3. The van der Waals surface area contributed by atoms with Gasteiger partial charge >= 0.3 is 12.1 Å². The predicted octanol–water partition coefficient (Wildman–Crippen LogP) is 3.08. The summed E-state index contributed by atoms with van der Waals surface area (Å²) in [5.74, 6) is -2.20. The Kier molecular flexibility index (Phi) is 5.56. The summed E-state index contributed by atoms with van der Waals surface area (Å²) < 4.78 is 43.6. The van der Waals surface area contributed by atoms with E-state index in [1.165, 1.54) is 6.92 Å². The molecule has 1 aromatic carbocycles. The van der Waals surface area contributed by atoms with Gasteiger partial charge in [-0.05, 0) is 12.5 Å². The lowest BCUT2D eigenvalue weighted by molar-refractivity contribution is -0.180. The van der Waals surface area contributed by atoms with Gasteiger partial charge in [-0.15, -0.1) is 0 Å². The number of nitrogens with one attached hydrogen (secondary N) is 1. The predicted molar refractivity (Wildman–Crippen MR) is 69.0 cm³/mol. The molecule has 0 aliphatic heterocycles. The molecular formula is C14H18F3NO2. The molecule has 3 nitrogen and oxygen atoms in total. The highest BCUT2D eigenvalue weighted by Crippen LogP contribution is 2.28. The van der Waals surface area contributed by atoms with Gasteiger partial charge in [0.05, 0.1) is 13.0 Å². The monoisotopic (exact) mass is 289 g/mol. The number of hydrogen-bond acceptors (Lipinski definition) is 3. The first-order chi connectivity index (χ1) is 9.27. The Balaban J connectivity index is 2.88. The first-order valence-electron chi connectivity index (χ1n) is 6.23. The summed E-state index contributed by atoms with van der Waals surface area (Å²) in [5.41, 5.74) is 0.721. The summed E-state index contributed by atoms with van der Waals surface area (Å²) >= 11 is 0. The molecule has 0 aliphatic carbocycles. The van der Waals surface area contributed by atoms with Gasteiger partial charge in [-0.3, -0.25) is 10.1 Å². The molecule has 112 valence electrons. The van der Waals surface area contributed by atoms with Crippen molar-refractivity contribution in [2.75, 3.05) is 7.11 Å². The molecule has 1 N–H and O–H groups in total. The Morgan fingerprint density at radius 3 is 2.20 bits per heavy atom. The molecule has 0 spiro atoms. The van der Waals surface area contributed by atoms with Gasteiger partial charge in [0.1, 0.15) is 6.04 Å². The minimum absolute atomic E-state index is 0.532. The van der Waals surface area contributed by atoms with Gasteiger partial charge in [-0.25, -0.2) is 0 Å². The fourth-order valence-electron chi connectivity index (χ4n) is 1.95. The quantitative estimate of drug-likeness (QED) is 0.847. The molecule has 0 amide bonds. The summed E-state index contributed by atoms with van der Waals surface area (Å²) in [6.07, 6.45) is -4.53. The van der Waals surface area contributed by atoms with Crippen LogP contribution in [0.15, 0.2) is 30.3 Å². The molecule has 0 aromatic heterocycles. The molecular weight excluding hydrogens is 271 g/mol. The van der Waals surface area contributed by atoms with Crippen molar-refractivity contribution in [3.8, 4) is 0 Å². The SMILES string of the molecule is COC(=O)[C@@H](C)[C@H](N[C@H](C)c1ccccc1)C(F)(F)F. The highest BCUT2D eigenvalue weighted by atomic mass is 19.4. The van der Waals surface area contributed by atoms with Crippen LogP contribution in [-0.2, 0) is 9.53 Å². The van der Waals surface area contributed by atoms with E-state index in [2.05, 4.69) is 10.1 Å². The first-order valence-corrected chi connectivity index (χ1v) is 6.23. The van der Waals surface area contributed by atoms with Crippen LogP contribution in [0.5, 0.6) is 0 Å². The van der Waals surface area contributed by atoms with Crippen molar-refractivity contribution in [1.29, 1.82) is 0 Å². The third kappa shape index (κ3) is 4.23. The van der Waals surface area contributed by atoms with Crippen molar-refractivity contribution >= 4 is 5.97 Å². The maximum Gasteiger partial charge on any atom is 0.404 e. The van der Waals surface area contributed by atoms with E-state index in [1.807, 2.05) is 0 Å². The highest BCUT2D eigenvalue weighted by molar-refractivity contribution is 5.72. The zero-order chi connectivity index (χ0) is 15.3. The second-order valence-electron chi connectivity index (χ2n) is 4.63. The summed E-state index contributed by atoms with van der Waals surface area (Å²) in [4.78, 5) is 11.4. The van der Waals surface area contributed by atoms with E-state index in [1.54, 1.807) is 37.3 Å². The number of benzene rings is 1. The molecule has 0 bridgehead atoms. The molecule has 1 rings (SSSR count). The highest BCUT2D eigenvalue weighted by Gasteiger charge is 2.46. The van der Waals surface area contributed by atoms with Crippen LogP contribution in [0.25, 0.3) is 0 Å².